The van der Waals surface area contributed by atoms with E-state index >= 15 is 0 Å². The standard InChI is InChI=1S/C45H86NO8P/c1-6-8-10-12-14-16-18-20-22-23-24-26-28-30-32-34-36-38-45(48)54-43(42-53-55(49,50)52-40-39-46(3,4)5)41-51-44(47)37-35-33-31-29-27-25-21-19-17-15-13-11-9-7-2/h19-22,43H,6-18,23-42H2,1-5H3/b21-19+,22-20+/t43-/m1/s1. The van der Waals surface area contributed by atoms with Crippen molar-refractivity contribution in [3.63, 3.8) is 0 Å². The lowest BCUT2D eigenvalue weighted by atomic mass is 10.1. The first kappa shape index (κ1) is 53.5. The molecule has 0 aliphatic carbocycles. The Morgan fingerprint density at radius 2 is 0.927 bits per heavy atom. The van der Waals surface area contributed by atoms with Gasteiger partial charge in [0.1, 0.15) is 19.8 Å². The zero-order valence-electron chi connectivity index (χ0n) is 36.4. The Balaban J connectivity index is 4.35. The Hall–Kier alpha value is -1.51. The molecule has 2 atom stereocenters. The van der Waals surface area contributed by atoms with Gasteiger partial charge in [0.15, 0.2) is 6.10 Å². The predicted octanol–water partition coefficient (Wildman–Crippen LogP) is 12.1. The summed E-state index contributed by atoms with van der Waals surface area (Å²) >= 11 is 0. The quantitative estimate of drug-likeness (QED) is 0.0198. The molecule has 0 heterocycles. The molecule has 324 valence electrons. The summed E-state index contributed by atoms with van der Waals surface area (Å²) in [5.74, 6) is -0.845. The van der Waals surface area contributed by atoms with Crippen molar-refractivity contribution in [3.8, 4) is 0 Å². The topological polar surface area (TPSA) is 111 Å². The highest BCUT2D eigenvalue weighted by Gasteiger charge is 2.21. The lowest BCUT2D eigenvalue weighted by molar-refractivity contribution is -0.870. The fourth-order valence-corrected chi connectivity index (χ4v) is 6.84. The van der Waals surface area contributed by atoms with Crippen LogP contribution in [0.5, 0.6) is 0 Å². The van der Waals surface area contributed by atoms with Crippen molar-refractivity contribution in [3.05, 3.63) is 24.3 Å². The Kier molecular flexibility index (Phi) is 37.0. The van der Waals surface area contributed by atoms with Crippen LogP contribution in [0.4, 0.5) is 0 Å². The smallest absolute Gasteiger partial charge is 0.306 e. The van der Waals surface area contributed by atoms with Crippen LogP contribution in [0.3, 0.4) is 0 Å². The first-order valence-corrected chi connectivity index (χ1v) is 24.0. The Morgan fingerprint density at radius 1 is 0.545 bits per heavy atom. The van der Waals surface area contributed by atoms with Gasteiger partial charge in [0.25, 0.3) is 7.82 Å². The van der Waals surface area contributed by atoms with Crippen LogP contribution < -0.4 is 4.89 Å². The number of hydrogen-bond donors (Lipinski definition) is 0. The minimum Gasteiger partial charge on any atom is -0.756 e. The maximum atomic E-state index is 12.7. The molecule has 9 nitrogen and oxygen atoms in total. The molecule has 0 radical (unpaired) electrons. The number of esters is 2. The van der Waals surface area contributed by atoms with Crippen molar-refractivity contribution in [2.45, 2.75) is 206 Å². The first-order chi connectivity index (χ1) is 26.5. The summed E-state index contributed by atoms with van der Waals surface area (Å²) in [5.41, 5.74) is 0. The monoisotopic (exact) mass is 800 g/mol. The second-order valence-corrected chi connectivity index (χ2v) is 17.8. The van der Waals surface area contributed by atoms with Crippen LogP contribution in [0.15, 0.2) is 24.3 Å². The van der Waals surface area contributed by atoms with Crippen LogP contribution in [-0.4, -0.2) is 70.0 Å². The van der Waals surface area contributed by atoms with Crippen LogP contribution in [-0.2, 0) is 32.7 Å². The average molecular weight is 800 g/mol. The van der Waals surface area contributed by atoms with Crippen molar-refractivity contribution in [1.29, 1.82) is 0 Å². The average Bonchev–Trinajstić information content (AvgIpc) is 3.13. The second-order valence-electron chi connectivity index (χ2n) is 16.4. The number of phosphoric ester groups is 1. The number of phosphoric acid groups is 1. The highest BCUT2D eigenvalue weighted by Crippen LogP contribution is 2.38. The van der Waals surface area contributed by atoms with E-state index in [1.165, 1.54) is 103 Å². The summed E-state index contributed by atoms with van der Waals surface area (Å²) in [7, 11) is 1.16. The van der Waals surface area contributed by atoms with E-state index in [1.54, 1.807) is 0 Å². The molecule has 55 heavy (non-hydrogen) atoms. The summed E-state index contributed by atoms with van der Waals surface area (Å²) < 4.78 is 33.9. The SMILES string of the molecule is CCCCCCC/C=C/CCCCCCCC(=O)OC[C@H](COP(=O)([O-])OCC[N+](C)(C)C)OC(=O)CCCCCCCCC/C=C/CCCCCCCC. The summed E-state index contributed by atoms with van der Waals surface area (Å²) in [5, 5.41) is 0. The van der Waals surface area contributed by atoms with Crippen molar-refractivity contribution in [2.75, 3.05) is 47.5 Å². The summed E-state index contributed by atoms with van der Waals surface area (Å²) in [6.07, 6.45) is 40.5. The van der Waals surface area contributed by atoms with Crippen LogP contribution in [0, 0.1) is 0 Å². The van der Waals surface area contributed by atoms with Gasteiger partial charge in [-0.15, -0.1) is 0 Å². The van der Waals surface area contributed by atoms with Gasteiger partial charge >= 0.3 is 11.9 Å². The normalized spacial score (nSPS) is 13.8. The lowest BCUT2D eigenvalue weighted by Crippen LogP contribution is -2.37. The molecule has 0 aromatic heterocycles. The molecule has 0 spiro atoms. The third-order valence-corrected chi connectivity index (χ3v) is 10.7. The number of hydrogen-bond acceptors (Lipinski definition) is 8. The van der Waals surface area contributed by atoms with Gasteiger partial charge in [-0.05, 0) is 64.2 Å². The van der Waals surface area contributed by atoms with E-state index in [-0.39, 0.29) is 26.1 Å². The Bertz CT molecular complexity index is 996. The van der Waals surface area contributed by atoms with Gasteiger partial charge in [0.2, 0.25) is 0 Å². The molecule has 0 aliphatic heterocycles. The van der Waals surface area contributed by atoms with Gasteiger partial charge in [-0.3, -0.25) is 14.2 Å². The summed E-state index contributed by atoms with van der Waals surface area (Å²) in [6, 6.07) is 0. The minimum atomic E-state index is -4.62. The molecule has 0 rings (SSSR count). The fourth-order valence-electron chi connectivity index (χ4n) is 6.11. The Morgan fingerprint density at radius 3 is 1.35 bits per heavy atom. The highest BCUT2D eigenvalue weighted by molar-refractivity contribution is 7.45. The van der Waals surface area contributed by atoms with E-state index in [0.29, 0.717) is 17.4 Å². The molecule has 0 fully saturated rings. The fraction of sp³-hybridized carbons (Fsp3) is 0.867. The zero-order chi connectivity index (χ0) is 40.7. The molecule has 0 saturated heterocycles. The number of likely N-dealkylation sites (N-methyl/N-ethyl adjacent to an activating group) is 1. The maximum Gasteiger partial charge on any atom is 0.306 e. The molecular formula is C45H86NO8P. The van der Waals surface area contributed by atoms with E-state index in [2.05, 4.69) is 38.2 Å². The van der Waals surface area contributed by atoms with Gasteiger partial charge in [-0.1, -0.05) is 147 Å². The molecule has 0 bridgehead atoms. The van der Waals surface area contributed by atoms with E-state index in [9.17, 15) is 19.0 Å². The van der Waals surface area contributed by atoms with Gasteiger partial charge < -0.3 is 27.9 Å². The number of rotatable bonds is 41. The first-order valence-electron chi connectivity index (χ1n) is 22.5. The number of unbranched alkanes of at least 4 members (excludes halogenated alkanes) is 23. The van der Waals surface area contributed by atoms with Gasteiger partial charge in [0, 0.05) is 12.8 Å². The molecule has 0 aromatic carbocycles. The second kappa shape index (κ2) is 38.0. The molecule has 0 N–H and O–H groups in total. The predicted molar refractivity (Wildman–Crippen MR) is 227 cm³/mol. The Labute approximate surface area is 339 Å². The maximum absolute atomic E-state index is 12.7. The van der Waals surface area contributed by atoms with Gasteiger partial charge in [-0.25, -0.2) is 0 Å². The van der Waals surface area contributed by atoms with Crippen molar-refractivity contribution in [2.24, 2.45) is 0 Å². The zero-order valence-corrected chi connectivity index (χ0v) is 37.3. The van der Waals surface area contributed by atoms with Crippen molar-refractivity contribution < 1.29 is 42.1 Å². The van der Waals surface area contributed by atoms with E-state index in [1.807, 2.05) is 21.1 Å². The van der Waals surface area contributed by atoms with E-state index in [4.69, 9.17) is 18.5 Å². The third kappa shape index (κ3) is 41.9. The van der Waals surface area contributed by atoms with Gasteiger partial charge in [-0.2, -0.15) is 0 Å². The third-order valence-electron chi connectivity index (χ3n) is 9.69. The number of allylic oxidation sites excluding steroid dienone is 4. The molecule has 10 heteroatoms. The summed E-state index contributed by atoms with van der Waals surface area (Å²) in [4.78, 5) is 37.5. The number of ether oxygens (including phenoxy) is 2. The lowest BCUT2D eigenvalue weighted by Gasteiger charge is -2.28. The minimum absolute atomic E-state index is 0.0318. The number of quaternary nitrogens is 1. The van der Waals surface area contributed by atoms with Crippen molar-refractivity contribution in [1.82, 2.24) is 0 Å². The van der Waals surface area contributed by atoms with Crippen LogP contribution in [0.25, 0.3) is 0 Å². The van der Waals surface area contributed by atoms with Crippen LogP contribution in [0.2, 0.25) is 0 Å². The van der Waals surface area contributed by atoms with Gasteiger partial charge in [0.05, 0.1) is 27.7 Å². The van der Waals surface area contributed by atoms with Crippen LogP contribution in [0.1, 0.15) is 200 Å². The van der Waals surface area contributed by atoms with E-state index in [0.717, 1.165) is 64.2 Å². The molecular weight excluding hydrogens is 713 g/mol. The molecule has 1 unspecified atom stereocenters. The number of carbonyl (C=O) groups is 2. The number of carbonyl (C=O) groups excluding carboxylic acids is 2. The van der Waals surface area contributed by atoms with Crippen molar-refractivity contribution >= 4 is 19.8 Å². The molecule has 0 amide bonds. The summed E-state index contributed by atoms with van der Waals surface area (Å²) in [6.45, 7) is 4.21. The number of nitrogens with zero attached hydrogens (tertiary/aromatic N) is 1. The largest absolute Gasteiger partial charge is 0.756 e. The van der Waals surface area contributed by atoms with Crippen LogP contribution >= 0.6 is 7.82 Å². The molecule has 0 saturated carbocycles. The molecule has 0 aromatic rings. The highest BCUT2D eigenvalue weighted by atomic mass is 31.2. The van der Waals surface area contributed by atoms with E-state index < -0.39 is 32.5 Å². The molecule has 0 aliphatic rings.